The first-order valence-electron chi connectivity index (χ1n) is 8.04. The summed E-state index contributed by atoms with van der Waals surface area (Å²) < 4.78 is 1.47. The Morgan fingerprint density at radius 2 is 1.92 bits per heavy atom. The average Bonchev–Trinajstić information content (AvgIpc) is 3.04. The van der Waals surface area contributed by atoms with Gasteiger partial charge in [0.15, 0.2) is 5.69 Å². The molecular formula is C19H20N4O2. The Labute approximate surface area is 146 Å². The van der Waals surface area contributed by atoms with Crippen LogP contribution >= 0.6 is 0 Å². The molecule has 6 nitrogen and oxygen atoms in total. The monoisotopic (exact) mass is 336 g/mol. The number of aryl methyl sites for hydroxylation is 2. The number of carbonyl (C=O) groups is 1. The van der Waals surface area contributed by atoms with E-state index < -0.39 is 6.10 Å². The predicted octanol–water partition coefficient (Wildman–Crippen LogP) is 2.88. The Morgan fingerprint density at radius 3 is 2.64 bits per heavy atom. The standard InChI is InChI=1S/C19H20N4O2/c1-13-6-8-15(9-7-13)18(24)12-23-11-17(21-22-23)19(25)20-16-5-3-4-14(2)10-16/h3-11,18,24H,12H2,1-2H3,(H,20,25). The maximum atomic E-state index is 12.2. The van der Waals surface area contributed by atoms with E-state index in [2.05, 4.69) is 15.6 Å². The number of aliphatic hydroxyl groups is 1. The van der Waals surface area contributed by atoms with E-state index >= 15 is 0 Å². The van der Waals surface area contributed by atoms with Crippen LogP contribution in [0.15, 0.2) is 54.7 Å². The van der Waals surface area contributed by atoms with Crippen LogP contribution in [0.25, 0.3) is 0 Å². The molecule has 3 rings (SSSR count). The molecule has 0 fully saturated rings. The fourth-order valence-electron chi connectivity index (χ4n) is 2.48. The Morgan fingerprint density at radius 1 is 1.16 bits per heavy atom. The smallest absolute Gasteiger partial charge is 0.277 e. The highest BCUT2D eigenvalue weighted by molar-refractivity contribution is 6.02. The quantitative estimate of drug-likeness (QED) is 0.751. The van der Waals surface area contributed by atoms with Crippen molar-refractivity contribution in [3.63, 3.8) is 0 Å². The van der Waals surface area contributed by atoms with Crippen molar-refractivity contribution in [2.75, 3.05) is 5.32 Å². The molecule has 1 atom stereocenters. The molecule has 1 heterocycles. The molecule has 2 aromatic carbocycles. The fourth-order valence-corrected chi connectivity index (χ4v) is 2.48. The summed E-state index contributed by atoms with van der Waals surface area (Å²) in [5, 5.41) is 20.9. The van der Waals surface area contributed by atoms with Crippen molar-refractivity contribution in [1.29, 1.82) is 0 Å². The highest BCUT2D eigenvalue weighted by Crippen LogP contribution is 2.16. The summed E-state index contributed by atoms with van der Waals surface area (Å²) in [4.78, 5) is 12.2. The van der Waals surface area contributed by atoms with Gasteiger partial charge in [0.05, 0.1) is 18.8 Å². The topological polar surface area (TPSA) is 80.0 Å². The van der Waals surface area contributed by atoms with Gasteiger partial charge in [-0.25, -0.2) is 4.68 Å². The molecule has 0 radical (unpaired) electrons. The van der Waals surface area contributed by atoms with E-state index in [9.17, 15) is 9.90 Å². The number of carbonyl (C=O) groups excluding carboxylic acids is 1. The van der Waals surface area contributed by atoms with Crippen LogP contribution in [0.4, 0.5) is 5.69 Å². The SMILES string of the molecule is Cc1ccc(C(O)Cn2cc(C(=O)Nc3cccc(C)c3)nn2)cc1. The third-order valence-corrected chi connectivity index (χ3v) is 3.87. The zero-order chi connectivity index (χ0) is 17.8. The number of nitrogens with zero attached hydrogens (tertiary/aromatic N) is 3. The summed E-state index contributed by atoms with van der Waals surface area (Å²) in [5.41, 5.74) is 3.90. The summed E-state index contributed by atoms with van der Waals surface area (Å²) in [5.74, 6) is -0.332. The van der Waals surface area contributed by atoms with E-state index in [-0.39, 0.29) is 18.1 Å². The molecule has 0 spiro atoms. The maximum absolute atomic E-state index is 12.2. The highest BCUT2D eigenvalue weighted by atomic mass is 16.3. The van der Waals surface area contributed by atoms with Gasteiger partial charge in [-0.15, -0.1) is 5.10 Å². The number of hydrogen-bond acceptors (Lipinski definition) is 4. The van der Waals surface area contributed by atoms with Crippen LogP contribution < -0.4 is 5.32 Å². The molecule has 0 aliphatic heterocycles. The largest absolute Gasteiger partial charge is 0.386 e. The van der Waals surface area contributed by atoms with E-state index in [0.29, 0.717) is 5.69 Å². The lowest BCUT2D eigenvalue weighted by atomic mass is 10.1. The first-order valence-corrected chi connectivity index (χ1v) is 8.04. The number of rotatable bonds is 5. The summed E-state index contributed by atoms with van der Waals surface area (Å²) in [6.07, 6.45) is 0.817. The Balaban J connectivity index is 1.65. The molecule has 128 valence electrons. The van der Waals surface area contributed by atoms with Crippen molar-refractivity contribution >= 4 is 11.6 Å². The van der Waals surface area contributed by atoms with E-state index in [0.717, 1.165) is 16.7 Å². The van der Waals surface area contributed by atoms with Crippen molar-refractivity contribution in [2.24, 2.45) is 0 Å². The number of anilines is 1. The van der Waals surface area contributed by atoms with Gasteiger partial charge >= 0.3 is 0 Å². The maximum Gasteiger partial charge on any atom is 0.277 e. The minimum Gasteiger partial charge on any atom is -0.386 e. The van der Waals surface area contributed by atoms with Crippen molar-refractivity contribution in [3.8, 4) is 0 Å². The molecule has 3 aromatic rings. The second-order valence-electron chi connectivity index (χ2n) is 6.08. The molecule has 1 amide bonds. The zero-order valence-electron chi connectivity index (χ0n) is 14.2. The van der Waals surface area contributed by atoms with Gasteiger partial charge in [0.1, 0.15) is 0 Å². The minimum atomic E-state index is -0.713. The van der Waals surface area contributed by atoms with Gasteiger partial charge < -0.3 is 10.4 Å². The molecule has 25 heavy (non-hydrogen) atoms. The second kappa shape index (κ2) is 7.27. The van der Waals surface area contributed by atoms with Crippen molar-refractivity contribution in [3.05, 3.63) is 77.1 Å². The van der Waals surface area contributed by atoms with Gasteiger partial charge in [-0.2, -0.15) is 0 Å². The van der Waals surface area contributed by atoms with Crippen LogP contribution in [0.1, 0.15) is 33.3 Å². The van der Waals surface area contributed by atoms with Crippen LogP contribution in [0, 0.1) is 13.8 Å². The predicted molar refractivity (Wildman–Crippen MR) is 95.3 cm³/mol. The molecule has 0 saturated carbocycles. The van der Waals surface area contributed by atoms with Crippen LogP contribution in [-0.2, 0) is 6.54 Å². The average molecular weight is 336 g/mol. The molecule has 1 unspecified atom stereocenters. The van der Waals surface area contributed by atoms with Gasteiger partial charge in [-0.1, -0.05) is 47.2 Å². The lowest BCUT2D eigenvalue weighted by molar-refractivity contribution is 0.102. The minimum absolute atomic E-state index is 0.206. The van der Waals surface area contributed by atoms with E-state index in [1.54, 1.807) is 0 Å². The van der Waals surface area contributed by atoms with Crippen LogP contribution in [0.3, 0.4) is 0 Å². The highest BCUT2D eigenvalue weighted by Gasteiger charge is 2.14. The van der Waals surface area contributed by atoms with Crippen LogP contribution in [-0.4, -0.2) is 26.0 Å². The number of amides is 1. The Bertz CT molecular complexity index is 871. The first-order chi connectivity index (χ1) is 12.0. The van der Waals surface area contributed by atoms with E-state index in [1.165, 1.54) is 10.9 Å². The number of hydrogen-bond donors (Lipinski definition) is 2. The van der Waals surface area contributed by atoms with Crippen molar-refractivity contribution < 1.29 is 9.90 Å². The molecule has 0 bridgehead atoms. The first kappa shape index (κ1) is 16.9. The number of aromatic nitrogens is 3. The lowest BCUT2D eigenvalue weighted by Crippen LogP contribution is -2.12. The lowest BCUT2D eigenvalue weighted by Gasteiger charge is -2.10. The number of nitrogens with one attached hydrogen (secondary N) is 1. The summed E-state index contributed by atoms with van der Waals surface area (Å²) in [6, 6.07) is 15.2. The Kier molecular flexibility index (Phi) is 4.90. The van der Waals surface area contributed by atoms with Gasteiger partial charge in [0.25, 0.3) is 5.91 Å². The van der Waals surface area contributed by atoms with Gasteiger partial charge in [-0.3, -0.25) is 4.79 Å². The second-order valence-corrected chi connectivity index (χ2v) is 6.08. The summed E-state index contributed by atoms with van der Waals surface area (Å²) >= 11 is 0. The zero-order valence-corrected chi connectivity index (χ0v) is 14.2. The molecule has 0 aliphatic carbocycles. The van der Waals surface area contributed by atoms with Crippen molar-refractivity contribution in [2.45, 2.75) is 26.5 Å². The summed E-state index contributed by atoms with van der Waals surface area (Å²) in [7, 11) is 0. The van der Waals surface area contributed by atoms with Gasteiger partial charge in [0, 0.05) is 5.69 Å². The van der Waals surface area contributed by atoms with Crippen molar-refractivity contribution in [1.82, 2.24) is 15.0 Å². The van der Waals surface area contributed by atoms with Crippen LogP contribution in [0.2, 0.25) is 0 Å². The third kappa shape index (κ3) is 4.30. The Hall–Kier alpha value is -2.99. The summed E-state index contributed by atoms with van der Waals surface area (Å²) in [6.45, 7) is 4.18. The van der Waals surface area contributed by atoms with Gasteiger partial charge in [0.2, 0.25) is 0 Å². The normalized spacial score (nSPS) is 12.0. The molecular weight excluding hydrogens is 316 g/mol. The molecule has 6 heteroatoms. The third-order valence-electron chi connectivity index (χ3n) is 3.87. The molecule has 0 saturated heterocycles. The molecule has 1 aromatic heterocycles. The number of aliphatic hydroxyl groups excluding tert-OH is 1. The van der Waals surface area contributed by atoms with E-state index in [4.69, 9.17) is 0 Å². The van der Waals surface area contributed by atoms with Gasteiger partial charge in [-0.05, 0) is 37.1 Å². The molecule has 2 N–H and O–H groups in total. The fraction of sp³-hybridized carbons (Fsp3) is 0.211. The molecule has 0 aliphatic rings. The number of benzene rings is 2. The van der Waals surface area contributed by atoms with E-state index in [1.807, 2.05) is 62.4 Å². The van der Waals surface area contributed by atoms with Crippen LogP contribution in [0.5, 0.6) is 0 Å².